The number of nitrogens with one attached hydrogen (secondary N) is 1. The van der Waals surface area contributed by atoms with Crippen LogP contribution < -0.4 is 5.32 Å². The molecule has 1 atom stereocenters. The van der Waals surface area contributed by atoms with Crippen LogP contribution in [0.3, 0.4) is 0 Å². The maximum absolute atomic E-state index is 12.5. The third-order valence-corrected chi connectivity index (χ3v) is 4.37. The van der Waals surface area contributed by atoms with Crippen LogP contribution in [0.15, 0.2) is 79.5 Å². The number of rotatable bonds is 6. The molecule has 1 amide bonds. The molecule has 0 bridgehead atoms. The van der Waals surface area contributed by atoms with Crippen LogP contribution in [0.1, 0.15) is 29.0 Å². The van der Waals surface area contributed by atoms with Gasteiger partial charge >= 0.3 is 0 Å². The van der Waals surface area contributed by atoms with Crippen molar-refractivity contribution in [2.24, 2.45) is 0 Å². The van der Waals surface area contributed by atoms with Crippen LogP contribution in [0.25, 0.3) is 5.69 Å². The molecule has 3 aromatic heterocycles. The van der Waals surface area contributed by atoms with E-state index in [1.807, 2.05) is 72.5 Å². The number of amides is 1. The second kappa shape index (κ2) is 7.33. The van der Waals surface area contributed by atoms with Crippen LogP contribution >= 0.6 is 0 Å². The van der Waals surface area contributed by atoms with Crippen LogP contribution in [0.2, 0.25) is 0 Å². The number of nitrogens with zero attached hydrogens (tertiary/aromatic N) is 5. The minimum absolute atomic E-state index is 0.118. The van der Waals surface area contributed by atoms with Gasteiger partial charge in [0, 0.05) is 36.7 Å². The number of benzene rings is 1. The van der Waals surface area contributed by atoms with Gasteiger partial charge in [-0.2, -0.15) is 10.2 Å². The van der Waals surface area contributed by atoms with E-state index in [4.69, 9.17) is 0 Å². The lowest BCUT2D eigenvalue weighted by atomic mass is 10.1. The second-order valence-electron chi connectivity index (χ2n) is 6.30. The van der Waals surface area contributed by atoms with E-state index in [9.17, 15) is 4.79 Å². The number of aromatic nitrogens is 5. The second-order valence-corrected chi connectivity index (χ2v) is 6.30. The Hall–Kier alpha value is -3.61. The van der Waals surface area contributed by atoms with E-state index < -0.39 is 0 Å². The predicted octanol–water partition coefficient (Wildman–Crippen LogP) is 2.87. The Morgan fingerprint density at radius 2 is 1.78 bits per heavy atom. The van der Waals surface area contributed by atoms with Gasteiger partial charge in [-0.25, -0.2) is 0 Å². The van der Waals surface area contributed by atoms with Crippen molar-refractivity contribution in [3.63, 3.8) is 0 Å². The summed E-state index contributed by atoms with van der Waals surface area (Å²) in [5.74, 6) is -0.198. The summed E-state index contributed by atoms with van der Waals surface area (Å²) in [5.41, 5.74) is 2.51. The van der Waals surface area contributed by atoms with Crippen LogP contribution in [-0.4, -0.2) is 30.0 Å². The average Bonchev–Trinajstić information content (AvgIpc) is 3.45. The summed E-state index contributed by atoms with van der Waals surface area (Å²) in [7, 11) is 0. The predicted molar refractivity (Wildman–Crippen MR) is 102 cm³/mol. The van der Waals surface area contributed by atoms with Crippen LogP contribution in [0.4, 0.5) is 0 Å². The fraction of sp³-hybridized carbons (Fsp3) is 0.150. The largest absolute Gasteiger partial charge is 0.344 e. The third-order valence-electron chi connectivity index (χ3n) is 4.37. The van der Waals surface area contributed by atoms with Gasteiger partial charge in [-0.15, -0.1) is 0 Å². The Kier molecular flexibility index (Phi) is 4.57. The van der Waals surface area contributed by atoms with Gasteiger partial charge < -0.3 is 9.88 Å². The molecule has 7 heteroatoms. The molecule has 0 aliphatic rings. The minimum Gasteiger partial charge on any atom is -0.344 e. The van der Waals surface area contributed by atoms with Crippen molar-refractivity contribution < 1.29 is 4.79 Å². The molecule has 1 unspecified atom stereocenters. The molecule has 0 saturated heterocycles. The zero-order chi connectivity index (χ0) is 18.6. The van der Waals surface area contributed by atoms with Gasteiger partial charge in [0.2, 0.25) is 0 Å². The fourth-order valence-corrected chi connectivity index (χ4v) is 2.89. The molecule has 1 aromatic carbocycles. The van der Waals surface area contributed by atoms with Gasteiger partial charge in [-0.3, -0.25) is 14.2 Å². The lowest BCUT2D eigenvalue weighted by molar-refractivity contribution is 0.0934. The van der Waals surface area contributed by atoms with Gasteiger partial charge in [0.05, 0.1) is 6.04 Å². The molecule has 0 spiro atoms. The van der Waals surface area contributed by atoms with Gasteiger partial charge in [0.15, 0.2) is 0 Å². The van der Waals surface area contributed by atoms with Crippen molar-refractivity contribution in [1.82, 2.24) is 29.4 Å². The smallest absolute Gasteiger partial charge is 0.272 e. The van der Waals surface area contributed by atoms with Crippen molar-refractivity contribution >= 4 is 5.91 Å². The molecule has 1 N–H and O–H groups in total. The van der Waals surface area contributed by atoms with Crippen molar-refractivity contribution in [3.8, 4) is 5.69 Å². The number of carbonyl (C=O) groups excluding carboxylic acids is 1. The van der Waals surface area contributed by atoms with Crippen molar-refractivity contribution in [3.05, 3.63) is 90.8 Å². The summed E-state index contributed by atoms with van der Waals surface area (Å²) in [5, 5.41) is 11.4. The van der Waals surface area contributed by atoms with Gasteiger partial charge in [0.25, 0.3) is 5.91 Å². The molecule has 3 heterocycles. The lowest BCUT2D eigenvalue weighted by Gasteiger charge is -2.14. The first-order valence-electron chi connectivity index (χ1n) is 8.74. The zero-order valence-corrected chi connectivity index (χ0v) is 14.9. The highest BCUT2D eigenvalue weighted by Crippen LogP contribution is 2.16. The highest BCUT2D eigenvalue weighted by atomic mass is 16.2. The molecule has 4 aromatic rings. The molecule has 0 fully saturated rings. The van der Waals surface area contributed by atoms with E-state index in [0.29, 0.717) is 12.4 Å². The number of hydrogen-bond acceptors (Lipinski definition) is 3. The standard InChI is InChI=1S/C20H20N6O/c1-16(17-5-7-18(8-6-17)24-11-2-3-12-24)22-20(27)19-9-14-26(23-19)15-25-13-4-10-21-25/h2-14,16H,15H2,1H3,(H,22,27). The van der Waals surface area contributed by atoms with E-state index in [1.165, 1.54) is 0 Å². The molecular weight excluding hydrogens is 340 g/mol. The van der Waals surface area contributed by atoms with Crippen LogP contribution in [0.5, 0.6) is 0 Å². The summed E-state index contributed by atoms with van der Waals surface area (Å²) in [4.78, 5) is 12.5. The van der Waals surface area contributed by atoms with Gasteiger partial charge in [-0.05, 0) is 48.9 Å². The summed E-state index contributed by atoms with van der Waals surface area (Å²) < 4.78 is 5.46. The van der Waals surface area contributed by atoms with Crippen molar-refractivity contribution in [2.45, 2.75) is 19.6 Å². The normalized spacial score (nSPS) is 12.0. The fourth-order valence-electron chi connectivity index (χ4n) is 2.89. The summed E-state index contributed by atoms with van der Waals surface area (Å²) in [6.45, 7) is 2.43. The Morgan fingerprint density at radius 3 is 2.48 bits per heavy atom. The molecule has 0 radical (unpaired) electrons. The van der Waals surface area contributed by atoms with Gasteiger partial charge in [-0.1, -0.05) is 12.1 Å². The molecule has 7 nitrogen and oxygen atoms in total. The highest BCUT2D eigenvalue weighted by molar-refractivity contribution is 5.92. The third kappa shape index (κ3) is 3.82. The first-order chi connectivity index (χ1) is 13.2. The van der Waals surface area contributed by atoms with E-state index in [-0.39, 0.29) is 11.9 Å². The number of hydrogen-bond donors (Lipinski definition) is 1. The molecule has 0 aliphatic carbocycles. The summed E-state index contributed by atoms with van der Waals surface area (Å²) in [6.07, 6.45) is 9.33. The SMILES string of the molecule is CC(NC(=O)c1ccn(Cn2cccn2)n1)c1ccc(-n2cccc2)cc1. The summed E-state index contributed by atoms with van der Waals surface area (Å²) in [6, 6.07) is 15.5. The summed E-state index contributed by atoms with van der Waals surface area (Å²) >= 11 is 0. The average molecular weight is 360 g/mol. The number of carbonyl (C=O) groups is 1. The van der Waals surface area contributed by atoms with Crippen molar-refractivity contribution in [1.29, 1.82) is 0 Å². The molecule has 0 saturated carbocycles. The Balaban J connectivity index is 1.39. The van der Waals surface area contributed by atoms with Gasteiger partial charge in [0.1, 0.15) is 12.4 Å². The zero-order valence-electron chi connectivity index (χ0n) is 14.9. The first-order valence-corrected chi connectivity index (χ1v) is 8.74. The lowest BCUT2D eigenvalue weighted by Crippen LogP contribution is -2.27. The minimum atomic E-state index is -0.198. The van der Waals surface area contributed by atoms with Crippen LogP contribution in [0, 0.1) is 0 Å². The Morgan fingerprint density at radius 1 is 1.00 bits per heavy atom. The maximum Gasteiger partial charge on any atom is 0.272 e. The van der Waals surface area contributed by atoms with Crippen LogP contribution in [-0.2, 0) is 6.67 Å². The van der Waals surface area contributed by atoms with E-state index >= 15 is 0 Å². The van der Waals surface area contributed by atoms with E-state index in [0.717, 1.165) is 11.3 Å². The Bertz CT molecular complexity index is 999. The van der Waals surface area contributed by atoms with E-state index in [2.05, 4.69) is 15.5 Å². The van der Waals surface area contributed by atoms with E-state index in [1.54, 1.807) is 27.8 Å². The highest BCUT2D eigenvalue weighted by Gasteiger charge is 2.14. The molecule has 4 rings (SSSR count). The molecular formula is C20H20N6O. The monoisotopic (exact) mass is 360 g/mol. The Labute approximate surface area is 156 Å². The van der Waals surface area contributed by atoms with Crippen molar-refractivity contribution in [2.75, 3.05) is 0 Å². The maximum atomic E-state index is 12.5. The quantitative estimate of drug-likeness (QED) is 0.575. The first kappa shape index (κ1) is 16.8. The topological polar surface area (TPSA) is 69.7 Å². The molecule has 27 heavy (non-hydrogen) atoms. The molecule has 136 valence electrons. The molecule has 0 aliphatic heterocycles.